The van der Waals surface area contributed by atoms with Crippen LogP contribution in [0.1, 0.15) is 15.9 Å². The molecular weight excluding hydrogens is 408 g/mol. The minimum atomic E-state index is -0.571. The van der Waals surface area contributed by atoms with Crippen LogP contribution in [0.4, 0.5) is 11.8 Å². The lowest BCUT2D eigenvalue weighted by Gasteiger charge is -2.16. The van der Waals surface area contributed by atoms with Crippen LogP contribution in [-0.2, 0) is 11.3 Å². The molecule has 0 unspecified atom stereocenters. The fourth-order valence-electron chi connectivity index (χ4n) is 3.51. The van der Waals surface area contributed by atoms with Gasteiger partial charge in [0, 0.05) is 10.9 Å². The third kappa shape index (κ3) is 3.98. The Bertz CT molecular complexity index is 1290. The lowest BCUT2D eigenvalue weighted by atomic mass is 10.0. The summed E-state index contributed by atoms with van der Waals surface area (Å²) in [6, 6.07) is 18.5. The summed E-state index contributed by atoms with van der Waals surface area (Å²) < 4.78 is 16.6. The van der Waals surface area contributed by atoms with Crippen LogP contribution in [0.25, 0.3) is 22.0 Å². The van der Waals surface area contributed by atoms with Gasteiger partial charge in [-0.2, -0.15) is 4.98 Å². The molecule has 0 spiro atoms. The molecule has 8 heteroatoms. The summed E-state index contributed by atoms with van der Waals surface area (Å²) in [6.07, 6.45) is 0. The van der Waals surface area contributed by atoms with Gasteiger partial charge in [-0.3, -0.25) is 0 Å². The first-order valence-electron chi connectivity index (χ1n) is 9.81. The van der Waals surface area contributed by atoms with Crippen LogP contribution >= 0.6 is 0 Å². The summed E-state index contributed by atoms with van der Waals surface area (Å²) in [4.78, 5) is 21.2. The molecule has 0 aliphatic rings. The van der Waals surface area contributed by atoms with E-state index in [1.807, 2.05) is 36.4 Å². The zero-order valence-corrected chi connectivity index (χ0v) is 17.7. The molecule has 0 aliphatic heterocycles. The first-order valence-corrected chi connectivity index (χ1v) is 9.81. The first kappa shape index (κ1) is 20.9. The maximum absolute atomic E-state index is 13.1. The second kappa shape index (κ2) is 8.81. The zero-order chi connectivity index (χ0) is 22.7. The number of nitrogens with zero attached hydrogens (tertiary/aromatic N) is 2. The van der Waals surface area contributed by atoms with E-state index in [2.05, 4.69) is 9.97 Å². The number of anilines is 2. The largest absolute Gasteiger partial charge is 0.496 e. The topological polar surface area (TPSA) is 123 Å². The maximum atomic E-state index is 13.1. The van der Waals surface area contributed by atoms with Gasteiger partial charge >= 0.3 is 5.97 Å². The molecule has 0 saturated heterocycles. The van der Waals surface area contributed by atoms with Crippen molar-refractivity contribution in [3.63, 3.8) is 0 Å². The van der Waals surface area contributed by atoms with Crippen molar-refractivity contribution in [2.24, 2.45) is 0 Å². The van der Waals surface area contributed by atoms with Crippen molar-refractivity contribution >= 4 is 28.6 Å². The number of ether oxygens (including phenoxy) is 3. The van der Waals surface area contributed by atoms with Crippen LogP contribution in [0.3, 0.4) is 0 Å². The summed E-state index contributed by atoms with van der Waals surface area (Å²) in [6.45, 7) is 0.0143. The molecule has 4 N–H and O–H groups in total. The number of methoxy groups -OCH3 is 2. The quantitative estimate of drug-likeness (QED) is 0.443. The smallest absolute Gasteiger partial charge is 0.346 e. The van der Waals surface area contributed by atoms with Crippen LogP contribution in [0, 0.1) is 0 Å². The van der Waals surface area contributed by atoms with E-state index < -0.39 is 5.97 Å². The molecule has 0 bridgehead atoms. The van der Waals surface area contributed by atoms with Gasteiger partial charge in [0.2, 0.25) is 5.95 Å². The molecule has 0 radical (unpaired) electrons. The van der Waals surface area contributed by atoms with Gasteiger partial charge < -0.3 is 25.7 Å². The molecule has 0 fully saturated rings. The Morgan fingerprint density at radius 3 is 2.44 bits per heavy atom. The molecule has 3 aromatic carbocycles. The SMILES string of the molecule is COc1ccc(-c2ccccc2)c(OC)c1C(=O)OCc1ccc2nc(N)nc(N)c2c1. The predicted molar refractivity (Wildman–Crippen MR) is 122 cm³/mol. The Balaban J connectivity index is 1.65. The van der Waals surface area contributed by atoms with Crippen LogP contribution in [0.15, 0.2) is 60.7 Å². The van der Waals surface area contributed by atoms with Gasteiger partial charge in [0.05, 0.1) is 19.7 Å². The third-order valence-electron chi connectivity index (χ3n) is 5.01. The van der Waals surface area contributed by atoms with E-state index >= 15 is 0 Å². The predicted octanol–water partition coefficient (Wildman–Crippen LogP) is 3.84. The van der Waals surface area contributed by atoms with Gasteiger partial charge in [-0.25, -0.2) is 9.78 Å². The number of benzene rings is 3. The summed E-state index contributed by atoms with van der Waals surface area (Å²) in [5.41, 5.74) is 14.8. The van der Waals surface area contributed by atoms with Gasteiger partial charge in [0.1, 0.15) is 29.5 Å². The van der Waals surface area contributed by atoms with Crippen molar-refractivity contribution in [2.75, 3.05) is 25.7 Å². The number of rotatable bonds is 6. The average Bonchev–Trinajstić information content (AvgIpc) is 2.82. The summed E-state index contributed by atoms with van der Waals surface area (Å²) in [5, 5.41) is 0.633. The number of nitrogen functional groups attached to an aromatic ring is 2. The van der Waals surface area contributed by atoms with Gasteiger partial charge in [-0.15, -0.1) is 0 Å². The Kier molecular flexibility index (Phi) is 5.76. The number of hydrogen-bond acceptors (Lipinski definition) is 8. The van der Waals surface area contributed by atoms with Crippen molar-refractivity contribution in [1.29, 1.82) is 0 Å². The highest BCUT2D eigenvalue weighted by molar-refractivity contribution is 5.99. The molecule has 162 valence electrons. The molecule has 0 saturated carbocycles. The summed E-state index contributed by atoms with van der Waals surface area (Å²) in [7, 11) is 3.00. The third-order valence-corrected chi connectivity index (χ3v) is 5.01. The van der Waals surface area contributed by atoms with E-state index in [1.54, 1.807) is 24.3 Å². The zero-order valence-electron chi connectivity index (χ0n) is 17.7. The van der Waals surface area contributed by atoms with Crippen molar-refractivity contribution < 1.29 is 19.0 Å². The van der Waals surface area contributed by atoms with E-state index in [4.69, 9.17) is 25.7 Å². The molecular formula is C24H22N4O4. The standard InChI is InChI=1S/C24H22N4O4/c1-30-19-11-9-16(15-6-4-3-5-7-15)21(31-2)20(19)23(29)32-13-14-8-10-18-17(12-14)22(25)28-24(26)27-18/h3-12H,13H2,1-2H3,(H4,25,26,27,28). The molecule has 0 atom stereocenters. The summed E-state index contributed by atoms with van der Waals surface area (Å²) >= 11 is 0. The van der Waals surface area contributed by atoms with Crippen molar-refractivity contribution in [3.8, 4) is 22.6 Å². The minimum absolute atomic E-state index is 0.0143. The summed E-state index contributed by atoms with van der Waals surface area (Å²) in [5.74, 6) is 0.537. The Morgan fingerprint density at radius 2 is 1.72 bits per heavy atom. The van der Waals surface area contributed by atoms with Gasteiger partial charge in [0.15, 0.2) is 0 Å². The molecule has 32 heavy (non-hydrogen) atoms. The van der Waals surface area contributed by atoms with Crippen molar-refractivity contribution in [1.82, 2.24) is 9.97 Å². The van der Waals surface area contributed by atoms with Crippen LogP contribution < -0.4 is 20.9 Å². The normalized spacial score (nSPS) is 10.7. The van der Waals surface area contributed by atoms with Gasteiger partial charge in [-0.1, -0.05) is 36.4 Å². The number of carbonyl (C=O) groups is 1. The highest BCUT2D eigenvalue weighted by Crippen LogP contribution is 2.39. The van der Waals surface area contributed by atoms with E-state index in [0.717, 1.165) is 16.7 Å². The van der Waals surface area contributed by atoms with Crippen LogP contribution in [-0.4, -0.2) is 30.2 Å². The van der Waals surface area contributed by atoms with Gasteiger partial charge in [-0.05, 0) is 35.4 Å². The number of carbonyl (C=O) groups excluding carboxylic acids is 1. The Labute approximate surface area is 184 Å². The molecule has 0 aliphatic carbocycles. The minimum Gasteiger partial charge on any atom is -0.496 e. The number of nitrogens with two attached hydrogens (primary N) is 2. The monoisotopic (exact) mass is 430 g/mol. The van der Waals surface area contributed by atoms with Crippen molar-refractivity contribution in [3.05, 3.63) is 71.8 Å². The lowest BCUT2D eigenvalue weighted by Crippen LogP contribution is -2.10. The van der Waals surface area contributed by atoms with E-state index in [9.17, 15) is 4.79 Å². The first-order chi connectivity index (χ1) is 15.5. The van der Waals surface area contributed by atoms with Crippen LogP contribution in [0.2, 0.25) is 0 Å². The fraction of sp³-hybridized carbons (Fsp3) is 0.125. The second-order valence-corrected chi connectivity index (χ2v) is 6.98. The Hall–Kier alpha value is -4.33. The van der Waals surface area contributed by atoms with E-state index in [0.29, 0.717) is 22.4 Å². The highest BCUT2D eigenvalue weighted by Gasteiger charge is 2.24. The fourth-order valence-corrected chi connectivity index (χ4v) is 3.51. The molecule has 1 aromatic heterocycles. The lowest BCUT2D eigenvalue weighted by molar-refractivity contribution is 0.0465. The maximum Gasteiger partial charge on any atom is 0.346 e. The average molecular weight is 430 g/mol. The number of fused-ring (bicyclic) bond motifs is 1. The molecule has 1 heterocycles. The number of aromatic nitrogens is 2. The van der Waals surface area contributed by atoms with E-state index in [1.165, 1.54) is 14.2 Å². The molecule has 4 aromatic rings. The highest BCUT2D eigenvalue weighted by atomic mass is 16.5. The number of hydrogen-bond donors (Lipinski definition) is 2. The Morgan fingerprint density at radius 1 is 0.938 bits per heavy atom. The molecule has 8 nitrogen and oxygen atoms in total. The molecule has 0 amide bonds. The second-order valence-electron chi connectivity index (χ2n) is 6.98. The van der Waals surface area contributed by atoms with Crippen LogP contribution in [0.5, 0.6) is 11.5 Å². The van der Waals surface area contributed by atoms with Crippen molar-refractivity contribution in [2.45, 2.75) is 6.61 Å². The van der Waals surface area contributed by atoms with Gasteiger partial charge in [0.25, 0.3) is 0 Å². The van der Waals surface area contributed by atoms with E-state index in [-0.39, 0.29) is 23.9 Å². The molecule has 4 rings (SSSR count). The number of esters is 1.